The number of hydrogen-bond donors (Lipinski definition) is 1. The second kappa shape index (κ2) is 9.29. The van der Waals surface area contributed by atoms with Crippen LogP contribution in [0.4, 0.5) is 18.9 Å². The van der Waals surface area contributed by atoms with Gasteiger partial charge >= 0.3 is 12.1 Å². The molecule has 0 aliphatic carbocycles. The second-order valence-electron chi connectivity index (χ2n) is 8.11. The Morgan fingerprint density at radius 1 is 1.00 bits per heavy atom. The molecule has 0 saturated heterocycles. The minimum absolute atomic E-state index is 0.263. The number of anilines is 1. The molecule has 3 aromatic carbocycles. The molecule has 35 heavy (non-hydrogen) atoms. The zero-order valence-electron chi connectivity index (χ0n) is 19.4. The molecule has 0 atom stereocenters. The molecule has 0 saturated carbocycles. The number of alkyl halides is 3. The lowest BCUT2D eigenvalue weighted by Crippen LogP contribution is -2.14. The Labute approximate surface area is 200 Å². The van der Waals surface area contributed by atoms with Gasteiger partial charge in [0.1, 0.15) is 5.69 Å². The molecule has 1 amide bonds. The number of nitrogens with one attached hydrogen (secondary N) is 1. The van der Waals surface area contributed by atoms with Crippen LogP contribution in [0.3, 0.4) is 0 Å². The van der Waals surface area contributed by atoms with Crippen molar-refractivity contribution in [1.29, 1.82) is 0 Å². The third-order valence-corrected chi connectivity index (χ3v) is 5.80. The summed E-state index contributed by atoms with van der Waals surface area (Å²) in [6.45, 7) is 3.80. The highest BCUT2D eigenvalue weighted by molar-refractivity contribution is 6.10. The van der Waals surface area contributed by atoms with Gasteiger partial charge in [-0.2, -0.15) is 13.2 Å². The minimum Gasteiger partial charge on any atom is -0.461 e. The van der Waals surface area contributed by atoms with E-state index < -0.39 is 23.6 Å². The minimum atomic E-state index is -4.44. The van der Waals surface area contributed by atoms with Crippen molar-refractivity contribution in [1.82, 2.24) is 4.57 Å². The predicted octanol–water partition coefficient (Wildman–Crippen LogP) is 6.60. The highest BCUT2D eigenvalue weighted by Crippen LogP contribution is 2.33. The van der Waals surface area contributed by atoms with Gasteiger partial charge in [0.15, 0.2) is 0 Å². The first-order chi connectivity index (χ1) is 16.6. The first kappa shape index (κ1) is 24.1. The molecule has 8 heteroatoms. The predicted molar refractivity (Wildman–Crippen MR) is 128 cm³/mol. The van der Waals surface area contributed by atoms with Gasteiger partial charge in [-0.25, -0.2) is 4.79 Å². The number of hydrogen-bond acceptors (Lipinski definition) is 3. The lowest BCUT2D eigenvalue weighted by molar-refractivity contribution is -0.137. The smallest absolute Gasteiger partial charge is 0.416 e. The summed E-state index contributed by atoms with van der Waals surface area (Å²) in [5, 5.41) is 3.61. The fourth-order valence-corrected chi connectivity index (χ4v) is 4.09. The highest BCUT2D eigenvalue weighted by atomic mass is 19.4. The fraction of sp³-hybridized carbons (Fsp3) is 0.185. The van der Waals surface area contributed by atoms with Crippen LogP contribution in [0, 0.1) is 6.92 Å². The van der Waals surface area contributed by atoms with Crippen LogP contribution in [0.1, 0.15) is 38.9 Å². The number of nitrogens with zero attached hydrogens (tertiary/aromatic N) is 1. The molecule has 1 heterocycles. The molecule has 0 unspecified atom stereocenters. The summed E-state index contributed by atoms with van der Waals surface area (Å²) >= 11 is 0. The van der Waals surface area contributed by atoms with Crippen LogP contribution in [0.15, 0.2) is 66.7 Å². The Kier molecular flexibility index (Phi) is 6.39. The molecule has 0 aliphatic rings. The van der Waals surface area contributed by atoms with Crippen LogP contribution < -0.4 is 5.32 Å². The van der Waals surface area contributed by atoms with E-state index in [2.05, 4.69) is 5.32 Å². The van der Waals surface area contributed by atoms with Crippen molar-refractivity contribution in [3.8, 4) is 11.1 Å². The molecule has 5 nitrogen and oxygen atoms in total. The molecule has 1 aromatic heterocycles. The van der Waals surface area contributed by atoms with E-state index in [1.165, 1.54) is 12.1 Å². The van der Waals surface area contributed by atoms with Crippen LogP contribution >= 0.6 is 0 Å². The van der Waals surface area contributed by atoms with Crippen molar-refractivity contribution in [2.45, 2.75) is 20.0 Å². The summed E-state index contributed by atoms with van der Waals surface area (Å²) in [4.78, 5) is 25.4. The summed E-state index contributed by atoms with van der Waals surface area (Å²) in [5.41, 5.74) is 3.13. The van der Waals surface area contributed by atoms with E-state index in [0.29, 0.717) is 28.1 Å². The maximum Gasteiger partial charge on any atom is 0.416 e. The van der Waals surface area contributed by atoms with Crippen LogP contribution in [-0.2, 0) is 18.0 Å². The molecule has 0 radical (unpaired) electrons. The van der Waals surface area contributed by atoms with Gasteiger partial charge in [0.05, 0.1) is 12.2 Å². The molecule has 0 bridgehead atoms. The molecule has 4 rings (SSSR count). The molecule has 0 spiro atoms. The molecular weight excluding hydrogens is 457 g/mol. The number of fused-ring (bicyclic) bond motifs is 1. The molecular formula is C27H23F3N2O3. The Morgan fingerprint density at radius 3 is 2.37 bits per heavy atom. The normalized spacial score (nSPS) is 11.5. The van der Waals surface area contributed by atoms with Gasteiger partial charge in [-0.15, -0.1) is 0 Å². The van der Waals surface area contributed by atoms with Gasteiger partial charge in [-0.1, -0.05) is 24.3 Å². The number of halogens is 3. The molecule has 4 aromatic rings. The van der Waals surface area contributed by atoms with E-state index in [0.717, 1.165) is 28.6 Å². The quantitative estimate of drug-likeness (QED) is 0.327. The molecule has 0 fully saturated rings. The monoisotopic (exact) mass is 480 g/mol. The summed E-state index contributed by atoms with van der Waals surface area (Å²) in [6.07, 6.45) is -4.44. The number of esters is 1. The lowest BCUT2D eigenvalue weighted by atomic mass is 9.94. The maximum atomic E-state index is 13.2. The summed E-state index contributed by atoms with van der Waals surface area (Å²) in [6, 6.07) is 16.9. The van der Waals surface area contributed by atoms with Gasteiger partial charge < -0.3 is 14.6 Å². The molecule has 0 aliphatic heterocycles. The number of carbonyl (C=O) groups excluding carboxylic acids is 2. The number of rotatable bonds is 5. The summed E-state index contributed by atoms with van der Waals surface area (Å²) < 4.78 is 45.8. The first-order valence-corrected chi connectivity index (χ1v) is 11.0. The number of benzene rings is 3. The lowest BCUT2D eigenvalue weighted by Gasteiger charge is -2.14. The van der Waals surface area contributed by atoms with E-state index in [9.17, 15) is 22.8 Å². The third-order valence-electron chi connectivity index (χ3n) is 5.80. The Morgan fingerprint density at radius 2 is 1.71 bits per heavy atom. The maximum absolute atomic E-state index is 13.2. The van der Waals surface area contributed by atoms with E-state index in [4.69, 9.17) is 4.74 Å². The number of ether oxygens (including phenoxy) is 1. The van der Waals surface area contributed by atoms with Crippen molar-refractivity contribution in [2.75, 3.05) is 11.9 Å². The zero-order chi connectivity index (χ0) is 25.3. The number of aryl methyl sites for hydroxylation is 2. The van der Waals surface area contributed by atoms with E-state index in [1.807, 2.05) is 0 Å². The third kappa shape index (κ3) is 4.77. The summed E-state index contributed by atoms with van der Waals surface area (Å²) in [5.74, 6) is -0.831. The zero-order valence-corrected chi connectivity index (χ0v) is 19.4. The molecule has 1 N–H and O–H groups in total. The average Bonchev–Trinajstić information content (AvgIpc) is 3.14. The van der Waals surface area contributed by atoms with Crippen LogP contribution in [0.5, 0.6) is 0 Å². The second-order valence-corrected chi connectivity index (χ2v) is 8.11. The topological polar surface area (TPSA) is 60.3 Å². The van der Waals surface area contributed by atoms with Crippen LogP contribution in [-0.4, -0.2) is 23.1 Å². The van der Waals surface area contributed by atoms with Crippen molar-refractivity contribution in [2.24, 2.45) is 7.05 Å². The summed E-state index contributed by atoms with van der Waals surface area (Å²) in [7, 11) is 1.76. The van der Waals surface area contributed by atoms with E-state index in [-0.39, 0.29) is 6.61 Å². The highest BCUT2D eigenvalue weighted by Gasteiger charge is 2.30. The van der Waals surface area contributed by atoms with Gasteiger partial charge in [0, 0.05) is 29.2 Å². The van der Waals surface area contributed by atoms with E-state index in [1.54, 1.807) is 67.9 Å². The number of aromatic nitrogens is 1. The average molecular weight is 480 g/mol. The van der Waals surface area contributed by atoms with Crippen LogP contribution in [0.2, 0.25) is 0 Å². The van der Waals surface area contributed by atoms with Crippen molar-refractivity contribution in [3.05, 3.63) is 89.1 Å². The number of carbonyl (C=O) groups is 2. The fourth-order valence-electron chi connectivity index (χ4n) is 4.09. The first-order valence-electron chi connectivity index (χ1n) is 11.0. The Balaban J connectivity index is 1.66. The largest absolute Gasteiger partial charge is 0.461 e. The van der Waals surface area contributed by atoms with Crippen molar-refractivity contribution in [3.63, 3.8) is 0 Å². The van der Waals surface area contributed by atoms with Crippen molar-refractivity contribution >= 4 is 28.5 Å². The standard InChI is InChI=1S/C27H23F3N2O3/c1-4-35-26(34)23-15-18-14-20(12-13-22(18)32(23)3)31-25(33)21-7-5-6-16(2)24(21)17-8-10-19(11-9-17)27(28,29)30/h5-15H,4H2,1-3H3,(H,31,33). The van der Waals surface area contributed by atoms with Gasteiger partial charge in [0.25, 0.3) is 5.91 Å². The van der Waals surface area contributed by atoms with Crippen molar-refractivity contribution < 1.29 is 27.5 Å². The number of amides is 1. The Hall–Kier alpha value is -4.07. The molecule has 180 valence electrons. The van der Waals surface area contributed by atoms with Gasteiger partial charge in [-0.05, 0) is 73.0 Å². The Bertz CT molecular complexity index is 1420. The van der Waals surface area contributed by atoms with Gasteiger partial charge in [0.2, 0.25) is 0 Å². The van der Waals surface area contributed by atoms with Gasteiger partial charge in [-0.3, -0.25) is 4.79 Å². The van der Waals surface area contributed by atoms with Crippen LogP contribution in [0.25, 0.3) is 22.0 Å². The SMILES string of the molecule is CCOC(=O)c1cc2cc(NC(=O)c3cccc(C)c3-c3ccc(C(F)(F)F)cc3)ccc2n1C. The van der Waals surface area contributed by atoms with E-state index >= 15 is 0 Å².